The first-order valence-electron chi connectivity index (χ1n) is 7.18. The molecule has 90 valence electrons. The van der Waals surface area contributed by atoms with E-state index in [1.165, 1.54) is 57.8 Å². The van der Waals surface area contributed by atoms with E-state index in [0.29, 0.717) is 0 Å². The van der Waals surface area contributed by atoms with E-state index in [9.17, 15) is 0 Å². The second-order valence-corrected chi connectivity index (χ2v) is 6.17. The molecule has 0 aromatic rings. The van der Waals surface area contributed by atoms with E-state index in [1.54, 1.807) is 0 Å². The molecule has 0 heterocycles. The molecule has 1 aliphatic carbocycles. The van der Waals surface area contributed by atoms with Gasteiger partial charge in [0.1, 0.15) is 0 Å². The van der Waals surface area contributed by atoms with Crippen LogP contribution < -0.4 is 0 Å². The largest absolute Gasteiger partial charge is 0.0628 e. The predicted octanol–water partition coefficient (Wildman–Crippen LogP) is 5.42. The van der Waals surface area contributed by atoms with Gasteiger partial charge in [-0.05, 0) is 24.2 Å². The summed E-state index contributed by atoms with van der Waals surface area (Å²) in [5.41, 5.74) is 0. The first-order valence-corrected chi connectivity index (χ1v) is 7.18. The lowest BCUT2D eigenvalue weighted by Crippen LogP contribution is -2.10. The first kappa shape index (κ1) is 13.1. The molecule has 0 radical (unpaired) electrons. The summed E-state index contributed by atoms with van der Waals surface area (Å²) in [6, 6.07) is 0. The van der Waals surface area contributed by atoms with Crippen molar-refractivity contribution in [1.82, 2.24) is 0 Å². The Balaban J connectivity index is 2.03. The molecule has 0 saturated heterocycles. The lowest BCUT2D eigenvalue weighted by Gasteiger charge is -2.24. The van der Waals surface area contributed by atoms with Gasteiger partial charge in [-0.3, -0.25) is 0 Å². The summed E-state index contributed by atoms with van der Waals surface area (Å²) in [4.78, 5) is 0. The van der Waals surface area contributed by atoms with Gasteiger partial charge in [-0.2, -0.15) is 0 Å². The normalized spacial score (nSPS) is 20.8. The Morgan fingerprint density at radius 3 is 2.20 bits per heavy atom. The van der Waals surface area contributed by atoms with Crippen LogP contribution in [0.5, 0.6) is 0 Å². The van der Waals surface area contributed by atoms with Crippen molar-refractivity contribution in [1.29, 1.82) is 0 Å². The van der Waals surface area contributed by atoms with Gasteiger partial charge in [0.2, 0.25) is 0 Å². The molecule has 1 saturated carbocycles. The summed E-state index contributed by atoms with van der Waals surface area (Å²) in [6.07, 6.45) is 13.4. The standard InChI is InChI=1S/C15H30/c1-13(2)8-7-9-14(3)12-15-10-5-4-6-11-15/h13-15H,4-12H2,1-3H3/t14-/m1/s1. The second kappa shape index (κ2) is 7.30. The minimum Gasteiger partial charge on any atom is -0.0628 e. The zero-order valence-corrected chi connectivity index (χ0v) is 11.1. The molecule has 0 bridgehead atoms. The molecule has 0 heteroatoms. The van der Waals surface area contributed by atoms with Crippen LogP contribution in [0, 0.1) is 17.8 Å². The van der Waals surface area contributed by atoms with Gasteiger partial charge in [-0.15, -0.1) is 0 Å². The fourth-order valence-electron chi connectivity index (χ4n) is 2.98. The van der Waals surface area contributed by atoms with Crippen LogP contribution in [0.3, 0.4) is 0 Å². The summed E-state index contributed by atoms with van der Waals surface area (Å²) in [6.45, 7) is 7.15. The molecular weight excluding hydrogens is 180 g/mol. The minimum absolute atomic E-state index is 0.895. The molecule has 0 aromatic heterocycles. The maximum Gasteiger partial charge on any atom is -0.0412 e. The van der Waals surface area contributed by atoms with Crippen molar-refractivity contribution in [3.63, 3.8) is 0 Å². The summed E-state index contributed by atoms with van der Waals surface area (Å²) in [5.74, 6) is 2.95. The Kier molecular flexibility index (Phi) is 6.36. The van der Waals surface area contributed by atoms with Crippen LogP contribution in [0.1, 0.15) is 78.6 Å². The zero-order chi connectivity index (χ0) is 11.1. The van der Waals surface area contributed by atoms with Crippen LogP contribution in [0.25, 0.3) is 0 Å². The quantitative estimate of drug-likeness (QED) is 0.549. The smallest absolute Gasteiger partial charge is 0.0412 e. The summed E-state index contributed by atoms with van der Waals surface area (Å²) in [5, 5.41) is 0. The molecular formula is C15H30. The molecule has 15 heavy (non-hydrogen) atoms. The van der Waals surface area contributed by atoms with Crippen molar-refractivity contribution in [2.75, 3.05) is 0 Å². The summed E-state index contributed by atoms with van der Waals surface area (Å²) >= 11 is 0. The molecule has 0 aliphatic heterocycles. The van der Waals surface area contributed by atoms with E-state index < -0.39 is 0 Å². The molecule has 0 N–H and O–H groups in total. The number of rotatable bonds is 6. The third kappa shape index (κ3) is 6.22. The van der Waals surface area contributed by atoms with Gasteiger partial charge in [0.05, 0.1) is 0 Å². The third-order valence-electron chi connectivity index (χ3n) is 3.94. The second-order valence-electron chi connectivity index (χ2n) is 6.17. The first-order chi connectivity index (χ1) is 7.18. The van der Waals surface area contributed by atoms with E-state index in [4.69, 9.17) is 0 Å². The average Bonchev–Trinajstić information content (AvgIpc) is 2.18. The fourth-order valence-corrected chi connectivity index (χ4v) is 2.98. The molecule has 0 aromatic carbocycles. The lowest BCUT2D eigenvalue weighted by molar-refractivity contribution is 0.284. The van der Waals surface area contributed by atoms with Gasteiger partial charge < -0.3 is 0 Å². The van der Waals surface area contributed by atoms with Gasteiger partial charge >= 0.3 is 0 Å². The zero-order valence-electron chi connectivity index (χ0n) is 11.1. The van der Waals surface area contributed by atoms with Crippen molar-refractivity contribution in [2.24, 2.45) is 17.8 Å². The SMILES string of the molecule is CC(C)CCC[C@@H](C)CC1CCCCC1. The molecule has 1 fully saturated rings. The van der Waals surface area contributed by atoms with Gasteiger partial charge in [0.25, 0.3) is 0 Å². The van der Waals surface area contributed by atoms with E-state index in [0.717, 1.165) is 17.8 Å². The Morgan fingerprint density at radius 1 is 0.933 bits per heavy atom. The molecule has 0 nitrogen and oxygen atoms in total. The van der Waals surface area contributed by atoms with Crippen LogP contribution in [-0.4, -0.2) is 0 Å². The van der Waals surface area contributed by atoms with E-state index >= 15 is 0 Å². The highest BCUT2D eigenvalue weighted by Gasteiger charge is 2.16. The Morgan fingerprint density at radius 2 is 1.60 bits per heavy atom. The molecule has 1 rings (SSSR count). The monoisotopic (exact) mass is 210 g/mol. The highest BCUT2D eigenvalue weighted by Crippen LogP contribution is 2.30. The maximum absolute atomic E-state index is 2.47. The third-order valence-corrected chi connectivity index (χ3v) is 3.94. The van der Waals surface area contributed by atoms with Crippen molar-refractivity contribution >= 4 is 0 Å². The predicted molar refractivity (Wildman–Crippen MR) is 69.0 cm³/mol. The molecule has 0 spiro atoms. The van der Waals surface area contributed by atoms with Crippen LogP contribution in [-0.2, 0) is 0 Å². The highest BCUT2D eigenvalue weighted by molar-refractivity contribution is 4.68. The maximum atomic E-state index is 2.47. The van der Waals surface area contributed by atoms with Crippen molar-refractivity contribution in [3.05, 3.63) is 0 Å². The summed E-state index contributed by atoms with van der Waals surface area (Å²) < 4.78 is 0. The van der Waals surface area contributed by atoms with Gasteiger partial charge in [0, 0.05) is 0 Å². The fraction of sp³-hybridized carbons (Fsp3) is 1.00. The van der Waals surface area contributed by atoms with Crippen molar-refractivity contribution < 1.29 is 0 Å². The van der Waals surface area contributed by atoms with E-state index in [1.807, 2.05) is 0 Å². The molecule has 0 unspecified atom stereocenters. The van der Waals surface area contributed by atoms with E-state index in [2.05, 4.69) is 20.8 Å². The Bertz CT molecular complexity index is 142. The van der Waals surface area contributed by atoms with Crippen LogP contribution >= 0.6 is 0 Å². The Hall–Kier alpha value is 0. The Labute approximate surface area is 96.8 Å². The van der Waals surface area contributed by atoms with Crippen LogP contribution in [0.4, 0.5) is 0 Å². The average molecular weight is 210 g/mol. The van der Waals surface area contributed by atoms with Gasteiger partial charge in [-0.25, -0.2) is 0 Å². The minimum atomic E-state index is 0.895. The topological polar surface area (TPSA) is 0 Å². The molecule has 1 aliphatic rings. The molecule has 1 atom stereocenters. The van der Waals surface area contributed by atoms with Crippen molar-refractivity contribution in [3.8, 4) is 0 Å². The molecule has 0 amide bonds. The van der Waals surface area contributed by atoms with Crippen LogP contribution in [0.2, 0.25) is 0 Å². The van der Waals surface area contributed by atoms with Crippen molar-refractivity contribution in [2.45, 2.75) is 78.6 Å². The summed E-state index contributed by atoms with van der Waals surface area (Å²) in [7, 11) is 0. The number of hydrogen-bond acceptors (Lipinski definition) is 0. The van der Waals surface area contributed by atoms with Gasteiger partial charge in [0.15, 0.2) is 0 Å². The highest BCUT2D eigenvalue weighted by atomic mass is 14.2. The van der Waals surface area contributed by atoms with Crippen LogP contribution in [0.15, 0.2) is 0 Å². The van der Waals surface area contributed by atoms with Gasteiger partial charge in [-0.1, -0.05) is 72.1 Å². The van der Waals surface area contributed by atoms with E-state index in [-0.39, 0.29) is 0 Å². The lowest BCUT2D eigenvalue weighted by atomic mass is 9.82. The number of hydrogen-bond donors (Lipinski definition) is 0.